The molecule has 1 aromatic carbocycles. The molecule has 1 aliphatic carbocycles. The number of aryl methyl sites for hydroxylation is 1. The molecule has 0 bridgehead atoms. The van der Waals surface area contributed by atoms with E-state index in [1.807, 2.05) is 25.1 Å². The Morgan fingerprint density at radius 1 is 1.31 bits per heavy atom. The number of aromatic nitrogens is 4. The maximum absolute atomic E-state index is 12.4. The first-order chi connectivity index (χ1) is 14.1. The number of rotatable bonds is 6. The molecule has 29 heavy (non-hydrogen) atoms. The highest BCUT2D eigenvalue weighted by Gasteiger charge is 2.22. The molecule has 152 valence electrons. The summed E-state index contributed by atoms with van der Waals surface area (Å²) < 4.78 is 1.60. The van der Waals surface area contributed by atoms with E-state index in [2.05, 4.69) is 25.7 Å². The van der Waals surface area contributed by atoms with Crippen LogP contribution in [0.4, 0.5) is 5.95 Å². The highest BCUT2D eigenvalue weighted by Crippen LogP contribution is 2.23. The number of carbonyl (C=O) groups is 1. The minimum atomic E-state index is -0.204. The Labute approximate surface area is 174 Å². The summed E-state index contributed by atoms with van der Waals surface area (Å²) in [7, 11) is 1.00. The summed E-state index contributed by atoms with van der Waals surface area (Å²) in [5.41, 5.74) is 2.28. The van der Waals surface area contributed by atoms with Gasteiger partial charge in [-0.3, -0.25) is 4.79 Å². The van der Waals surface area contributed by atoms with E-state index < -0.39 is 0 Å². The molecule has 0 saturated heterocycles. The second-order valence-corrected chi connectivity index (χ2v) is 7.04. The molecule has 1 aliphatic rings. The molecule has 1 saturated carbocycles. The van der Waals surface area contributed by atoms with Gasteiger partial charge in [-0.15, -0.1) is 0 Å². The number of aliphatic hydroxyl groups excluding tert-OH is 1. The minimum absolute atomic E-state index is 0.204. The fraction of sp³-hybridized carbons (Fsp3) is 0.300. The number of anilines is 1. The van der Waals surface area contributed by atoms with Gasteiger partial charge in [-0.25, -0.2) is 9.67 Å². The van der Waals surface area contributed by atoms with Crippen molar-refractivity contribution in [3.8, 4) is 5.82 Å². The first-order valence-corrected chi connectivity index (χ1v) is 9.59. The van der Waals surface area contributed by atoms with Crippen molar-refractivity contribution in [3.63, 3.8) is 0 Å². The van der Waals surface area contributed by atoms with Crippen LogP contribution in [0.25, 0.3) is 5.82 Å². The van der Waals surface area contributed by atoms with Crippen molar-refractivity contribution in [2.45, 2.75) is 32.4 Å². The SMILES string of the molecule is CO.Cc1cnc(NC2CC2)nc1-n1cc(C(=O)NCc2cccc(Cl)c2)cn1. The maximum atomic E-state index is 12.4. The third kappa shape index (κ3) is 5.52. The number of carbonyl (C=O) groups excluding carboxylic acids is 1. The van der Waals surface area contributed by atoms with E-state index in [4.69, 9.17) is 16.7 Å². The number of benzene rings is 1. The summed E-state index contributed by atoms with van der Waals surface area (Å²) in [5.74, 6) is 1.03. The number of hydrogen-bond donors (Lipinski definition) is 3. The molecule has 8 nitrogen and oxygen atoms in total. The normalized spacial score (nSPS) is 12.7. The summed E-state index contributed by atoms with van der Waals surface area (Å²) in [6.45, 7) is 2.31. The summed E-state index contributed by atoms with van der Waals surface area (Å²) in [4.78, 5) is 21.2. The summed E-state index contributed by atoms with van der Waals surface area (Å²) in [5, 5.41) is 18.1. The molecule has 1 fully saturated rings. The fourth-order valence-electron chi connectivity index (χ4n) is 2.63. The van der Waals surface area contributed by atoms with Gasteiger partial charge >= 0.3 is 0 Å². The number of nitrogens with one attached hydrogen (secondary N) is 2. The number of nitrogens with zero attached hydrogens (tertiary/aromatic N) is 4. The molecule has 0 spiro atoms. The number of amides is 1. The molecule has 0 atom stereocenters. The smallest absolute Gasteiger partial charge is 0.254 e. The predicted molar refractivity (Wildman–Crippen MR) is 111 cm³/mol. The van der Waals surface area contributed by atoms with Crippen molar-refractivity contribution in [1.29, 1.82) is 0 Å². The largest absolute Gasteiger partial charge is 0.400 e. The molecule has 3 aromatic rings. The summed E-state index contributed by atoms with van der Waals surface area (Å²) >= 11 is 5.97. The highest BCUT2D eigenvalue weighted by atomic mass is 35.5. The standard InChI is InChI=1S/C19H19ClN6O.CH4O/c1-12-8-22-19(24-16-5-6-16)25-17(12)26-11-14(10-23-26)18(27)21-9-13-3-2-4-15(20)7-13;1-2/h2-4,7-8,10-11,16H,5-6,9H2,1H3,(H,21,27)(H,22,24,25);2H,1H3. The molecule has 2 aromatic heterocycles. The first-order valence-electron chi connectivity index (χ1n) is 9.21. The van der Waals surface area contributed by atoms with Gasteiger partial charge in [0.15, 0.2) is 5.82 Å². The van der Waals surface area contributed by atoms with Crippen molar-refractivity contribution < 1.29 is 9.90 Å². The molecule has 1 amide bonds. The van der Waals surface area contributed by atoms with Crippen molar-refractivity contribution in [3.05, 3.63) is 64.6 Å². The zero-order valence-electron chi connectivity index (χ0n) is 16.3. The zero-order valence-corrected chi connectivity index (χ0v) is 17.0. The summed E-state index contributed by atoms with van der Waals surface area (Å²) in [6, 6.07) is 7.85. The lowest BCUT2D eigenvalue weighted by Crippen LogP contribution is -2.22. The van der Waals surface area contributed by atoms with E-state index in [1.54, 1.807) is 23.1 Å². The molecule has 4 rings (SSSR count). The average molecular weight is 415 g/mol. The van der Waals surface area contributed by atoms with Crippen LogP contribution in [0.1, 0.15) is 34.3 Å². The van der Waals surface area contributed by atoms with Crippen LogP contribution in [0.3, 0.4) is 0 Å². The van der Waals surface area contributed by atoms with E-state index in [0.717, 1.165) is 31.1 Å². The van der Waals surface area contributed by atoms with Crippen LogP contribution in [0.15, 0.2) is 42.9 Å². The van der Waals surface area contributed by atoms with E-state index in [9.17, 15) is 4.79 Å². The van der Waals surface area contributed by atoms with Crippen LogP contribution in [0.5, 0.6) is 0 Å². The van der Waals surface area contributed by atoms with Gasteiger partial charge in [0.1, 0.15) is 0 Å². The third-order valence-corrected chi connectivity index (χ3v) is 4.49. The van der Waals surface area contributed by atoms with E-state index in [0.29, 0.717) is 34.9 Å². The molecule has 3 N–H and O–H groups in total. The molecule has 9 heteroatoms. The summed E-state index contributed by atoms with van der Waals surface area (Å²) in [6.07, 6.45) is 7.25. The van der Waals surface area contributed by atoms with Crippen molar-refractivity contribution in [2.75, 3.05) is 12.4 Å². The molecule has 0 radical (unpaired) electrons. The van der Waals surface area contributed by atoms with Crippen molar-refractivity contribution in [2.24, 2.45) is 0 Å². The first kappa shape index (κ1) is 20.8. The van der Waals surface area contributed by atoms with Gasteiger partial charge in [0, 0.05) is 42.7 Å². The van der Waals surface area contributed by atoms with Crippen molar-refractivity contribution >= 4 is 23.5 Å². The Kier molecular flexibility index (Phi) is 6.79. The Morgan fingerprint density at radius 2 is 2.10 bits per heavy atom. The fourth-order valence-corrected chi connectivity index (χ4v) is 2.84. The van der Waals surface area contributed by atoms with Crippen LogP contribution < -0.4 is 10.6 Å². The van der Waals surface area contributed by atoms with Gasteiger partial charge < -0.3 is 15.7 Å². The minimum Gasteiger partial charge on any atom is -0.400 e. The van der Waals surface area contributed by atoms with Gasteiger partial charge in [0.05, 0.1) is 11.8 Å². The monoisotopic (exact) mass is 414 g/mol. The van der Waals surface area contributed by atoms with Gasteiger partial charge in [0.25, 0.3) is 5.91 Å². The lowest BCUT2D eigenvalue weighted by Gasteiger charge is -2.08. The third-order valence-electron chi connectivity index (χ3n) is 4.26. The highest BCUT2D eigenvalue weighted by molar-refractivity contribution is 6.30. The number of aliphatic hydroxyl groups is 1. The van der Waals surface area contributed by atoms with Crippen LogP contribution in [-0.2, 0) is 6.54 Å². The van der Waals surface area contributed by atoms with Crippen molar-refractivity contribution in [1.82, 2.24) is 25.1 Å². The lowest BCUT2D eigenvalue weighted by atomic mass is 10.2. The van der Waals surface area contributed by atoms with Crippen LogP contribution in [0, 0.1) is 6.92 Å². The van der Waals surface area contributed by atoms with Gasteiger partial charge in [-0.05, 0) is 37.5 Å². The average Bonchev–Trinajstić information content (AvgIpc) is 3.41. The Morgan fingerprint density at radius 3 is 2.83 bits per heavy atom. The van der Waals surface area contributed by atoms with Crippen LogP contribution in [0.2, 0.25) is 5.02 Å². The molecular formula is C20H23ClN6O2. The van der Waals surface area contributed by atoms with E-state index in [-0.39, 0.29) is 5.91 Å². The number of halogens is 1. The Hall–Kier alpha value is -2.97. The van der Waals surface area contributed by atoms with Gasteiger partial charge in [-0.2, -0.15) is 10.1 Å². The molecule has 0 unspecified atom stereocenters. The quantitative estimate of drug-likeness (QED) is 0.572. The van der Waals surface area contributed by atoms with Crippen LogP contribution in [-0.4, -0.2) is 43.9 Å². The molecule has 2 heterocycles. The Balaban J connectivity index is 0.00000117. The predicted octanol–water partition coefficient (Wildman–Crippen LogP) is 2.74. The lowest BCUT2D eigenvalue weighted by molar-refractivity contribution is 0.0951. The van der Waals surface area contributed by atoms with E-state index in [1.165, 1.54) is 6.20 Å². The molecular weight excluding hydrogens is 392 g/mol. The second kappa shape index (κ2) is 9.49. The zero-order chi connectivity index (χ0) is 20.8. The maximum Gasteiger partial charge on any atom is 0.254 e. The Bertz CT molecular complexity index is 987. The van der Waals surface area contributed by atoms with Gasteiger partial charge in [-0.1, -0.05) is 23.7 Å². The molecule has 0 aliphatic heterocycles. The van der Waals surface area contributed by atoms with Crippen LogP contribution >= 0.6 is 11.6 Å². The topological polar surface area (TPSA) is 105 Å². The second-order valence-electron chi connectivity index (χ2n) is 6.61. The number of hydrogen-bond acceptors (Lipinski definition) is 6. The van der Waals surface area contributed by atoms with Gasteiger partial charge in [0.2, 0.25) is 5.95 Å². The van der Waals surface area contributed by atoms with E-state index >= 15 is 0 Å².